The van der Waals surface area contributed by atoms with Crippen molar-refractivity contribution in [2.24, 2.45) is 0 Å². The van der Waals surface area contributed by atoms with Gasteiger partial charge in [0.25, 0.3) is 0 Å². The Morgan fingerprint density at radius 3 is 2.75 bits per heavy atom. The molecule has 1 aliphatic carbocycles. The number of rotatable bonds is 4. The number of ketones is 1. The van der Waals surface area contributed by atoms with Gasteiger partial charge < -0.3 is 5.32 Å². The second-order valence-electron chi connectivity index (χ2n) is 5.09. The van der Waals surface area contributed by atoms with E-state index in [0.717, 1.165) is 12.8 Å². The van der Waals surface area contributed by atoms with Crippen LogP contribution in [0, 0.1) is 5.82 Å². The van der Waals surface area contributed by atoms with E-state index in [2.05, 4.69) is 5.32 Å². The molecule has 0 aromatic heterocycles. The Morgan fingerprint density at radius 2 is 1.90 bits per heavy atom. The maximum Gasteiger partial charge on any atom is 0.181 e. The van der Waals surface area contributed by atoms with Crippen LogP contribution in [0.3, 0.4) is 0 Å². The fourth-order valence-electron chi connectivity index (χ4n) is 2.63. The van der Waals surface area contributed by atoms with E-state index in [0.29, 0.717) is 11.3 Å². The maximum absolute atomic E-state index is 13.4. The Balaban J connectivity index is 1.69. The molecule has 0 radical (unpaired) electrons. The predicted octanol–water partition coefficient (Wildman–Crippen LogP) is 3.61. The van der Waals surface area contributed by atoms with Crippen molar-refractivity contribution in [3.63, 3.8) is 0 Å². The number of hydrogen-bond acceptors (Lipinski definition) is 2. The van der Waals surface area contributed by atoms with Gasteiger partial charge in [-0.15, -0.1) is 0 Å². The molecule has 0 saturated heterocycles. The van der Waals surface area contributed by atoms with Gasteiger partial charge in [-0.05, 0) is 48.6 Å². The van der Waals surface area contributed by atoms with Gasteiger partial charge in [0.15, 0.2) is 5.78 Å². The quantitative estimate of drug-likeness (QED) is 0.859. The average Bonchev–Trinajstić information content (AvgIpc) is 2.93. The van der Waals surface area contributed by atoms with E-state index in [1.807, 2.05) is 18.2 Å². The van der Waals surface area contributed by atoms with E-state index in [1.54, 1.807) is 18.2 Å². The Hall–Kier alpha value is -2.16. The number of carbonyl (C=O) groups excluding carboxylic acids is 1. The monoisotopic (exact) mass is 269 g/mol. The first kappa shape index (κ1) is 12.9. The predicted molar refractivity (Wildman–Crippen MR) is 77.7 cm³/mol. The number of anilines is 1. The Kier molecular flexibility index (Phi) is 3.50. The number of benzene rings is 2. The van der Waals surface area contributed by atoms with Gasteiger partial charge in [0.2, 0.25) is 0 Å². The Bertz CT molecular complexity index is 651. The molecule has 1 N–H and O–H groups in total. The lowest BCUT2D eigenvalue weighted by Crippen LogP contribution is -2.15. The van der Waals surface area contributed by atoms with Crippen molar-refractivity contribution in [3.05, 3.63) is 65.0 Å². The van der Waals surface area contributed by atoms with E-state index < -0.39 is 0 Å². The van der Waals surface area contributed by atoms with Crippen LogP contribution in [0.4, 0.5) is 10.1 Å². The lowest BCUT2D eigenvalue weighted by Gasteiger charge is -2.08. The van der Waals surface area contributed by atoms with Gasteiger partial charge in [-0.1, -0.05) is 24.3 Å². The zero-order chi connectivity index (χ0) is 13.9. The molecular weight excluding hydrogens is 253 g/mol. The van der Waals surface area contributed by atoms with Crippen LogP contribution >= 0.6 is 0 Å². The van der Waals surface area contributed by atoms with Crippen molar-refractivity contribution in [1.29, 1.82) is 0 Å². The first-order valence-electron chi connectivity index (χ1n) is 6.87. The number of carbonyl (C=O) groups is 1. The van der Waals surface area contributed by atoms with Crippen LogP contribution in [-0.2, 0) is 12.8 Å². The first-order valence-corrected chi connectivity index (χ1v) is 6.87. The minimum absolute atomic E-state index is 0.0112. The smallest absolute Gasteiger partial charge is 0.181 e. The van der Waals surface area contributed by atoms with Crippen molar-refractivity contribution in [1.82, 2.24) is 0 Å². The molecule has 102 valence electrons. The molecule has 0 amide bonds. The first-order chi connectivity index (χ1) is 9.74. The van der Waals surface area contributed by atoms with Crippen LogP contribution in [0.15, 0.2) is 42.5 Å². The van der Waals surface area contributed by atoms with Gasteiger partial charge in [0.1, 0.15) is 5.82 Å². The molecule has 2 nitrogen and oxygen atoms in total. The number of para-hydroxylation sites is 1. The van der Waals surface area contributed by atoms with E-state index in [4.69, 9.17) is 0 Å². The number of fused-ring (bicyclic) bond motifs is 1. The third-order valence-electron chi connectivity index (χ3n) is 3.73. The molecule has 20 heavy (non-hydrogen) atoms. The molecule has 2 aromatic carbocycles. The van der Waals surface area contributed by atoms with Gasteiger partial charge in [-0.25, -0.2) is 4.39 Å². The molecule has 0 aliphatic heterocycles. The summed E-state index contributed by atoms with van der Waals surface area (Å²) in [4.78, 5) is 12.1. The summed E-state index contributed by atoms with van der Waals surface area (Å²) in [6.07, 6.45) is 3.33. The topological polar surface area (TPSA) is 29.1 Å². The highest BCUT2D eigenvalue weighted by molar-refractivity contribution is 5.99. The number of halogens is 1. The SMILES string of the molecule is O=C(CNc1ccccc1F)c1ccc2c(c1)CCC2. The molecular formula is C17H16FNO. The molecule has 3 rings (SSSR count). The van der Waals surface area contributed by atoms with Gasteiger partial charge in [0, 0.05) is 5.56 Å². The largest absolute Gasteiger partial charge is 0.375 e. The number of aryl methyl sites for hydroxylation is 2. The van der Waals surface area contributed by atoms with Crippen LogP contribution in [0.1, 0.15) is 27.9 Å². The van der Waals surface area contributed by atoms with Gasteiger partial charge in [-0.3, -0.25) is 4.79 Å². The zero-order valence-corrected chi connectivity index (χ0v) is 11.2. The highest BCUT2D eigenvalue weighted by Crippen LogP contribution is 2.23. The van der Waals surface area contributed by atoms with Gasteiger partial charge in [-0.2, -0.15) is 0 Å². The van der Waals surface area contributed by atoms with E-state index in [1.165, 1.54) is 23.6 Å². The molecule has 0 atom stereocenters. The molecule has 2 aromatic rings. The second kappa shape index (κ2) is 5.45. The number of hydrogen-bond donors (Lipinski definition) is 1. The van der Waals surface area contributed by atoms with Gasteiger partial charge >= 0.3 is 0 Å². The molecule has 1 aliphatic rings. The summed E-state index contributed by atoms with van der Waals surface area (Å²) in [5, 5.41) is 2.85. The van der Waals surface area contributed by atoms with Crippen molar-refractivity contribution < 1.29 is 9.18 Å². The summed E-state index contributed by atoms with van der Waals surface area (Å²) in [7, 11) is 0. The van der Waals surface area contributed by atoms with Crippen LogP contribution in [0.5, 0.6) is 0 Å². The van der Waals surface area contributed by atoms with E-state index in [-0.39, 0.29) is 18.1 Å². The van der Waals surface area contributed by atoms with Crippen molar-refractivity contribution in [2.75, 3.05) is 11.9 Å². The highest BCUT2D eigenvalue weighted by Gasteiger charge is 2.14. The molecule has 0 saturated carbocycles. The number of Topliss-reactive ketones (excluding diaryl/α,β-unsaturated/α-hetero) is 1. The lowest BCUT2D eigenvalue weighted by molar-refractivity contribution is 0.101. The highest BCUT2D eigenvalue weighted by atomic mass is 19.1. The summed E-state index contributed by atoms with van der Waals surface area (Å²) < 4.78 is 13.4. The lowest BCUT2D eigenvalue weighted by atomic mass is 10.0. The van der Waals surface area contributed by atoms with Crippen molar-refractivity contribution >= 4 is 11.5 Å². The number of nitrogens with one attached hydrogen (secondary N) is 1. The Morgan fingerprint density at radius 1 is 1.10 bits per heavy atom. The summed E-state index contributed by atoms with van der Waals surface area (Å²) in [6, 6.07) is 12.3. The van der Waals surface area contributed by atoms with Crippen LogP contribution < -0.4 is 5.32 Å². The maximum atomic E-state index is 13.4. The van der Waals surface area contributed by atoms with Crippen LogP contribution in [-0.4, -0.2) is 12.3 Å². The van der Waals surface area contributed by atoms with Crippen LogP contribution in [0.25, 0.3) is 0 Å². The standard InChI is InChI=1S/C17H16FNO/c18-15-6-1-2-7-16(15)19-11-17(20)14-9-8-12-4-3-5-13(12)10-14/h1-2,6-10,19H,3-5,11H2. The molecule has 0 fully saturated rings. The fourth-order valence-corrected chi connectivity index (χ4v) is 2.63. The third-order valence-corrected chi connectivity index (χ3v) is 3.73. The van der Waals surface area contributed by atoms with Gasteiger partial charge in [0.05, 0.1) is 12.2 Å². The van der Waals surface area contributed by atoms with E-state index in [9.17, 15) is 9.18 Å². The van der Waals surface area contributed by atoms with Crippen LogP contribution in [0.2, 0.25) is 0 Å². The molecule has 0 bridgehead atoms. The second-order valence-corrected chi connectivity index (χ2v) is 5.09. The van der Waals surface area contributed by atoms with E-state index >= 15 is 0 Å². The van der Waals surface area contributed by atoms with Crippen molar-refractivity contribution in [3.8, 4) is 0 Å². The summed E-state index contributed by atoms with van der Waals surface area (Å²) in [5.41, 5.74) is 3.70. The Labute approximate surface area is 117 Å². The molecule has 0 spiro atoms. The zero-order valence-electron chi connectivity index (χ0n) is 11.2. The minimum atomic E-state index is -0.339. The summed E-state index contributed by atoms with van der Waals surface area (Å²) in [5.74, 6) is -0.350. The summed E-state index contributed by atoms with van der Waals surface area (Å²) >= 11 is 0. The average molecular weight is 269 g/mol. The molecule has 3 heteroatoms. The normalized spacial score (nSPS) is 13.1. The van der Waals surface area contributed by atoms with Crippen molar-refractivity contribution in [2.45, 2.75) is 19.3 Å². The molecule has 0 unspecified atom stereocenters. The molecule has 0 heterocycles. The minimum Gasteiger partial charge on any atom is -0.375 e. The fraction of sp³-hybridized carbons (Fsp3) is 0.235. The summed E-state index contributed by atoms with van der Waals surface area (Å²) in [6.45, 7) is 0.111. The third kappa shape index (κ3) is 2.57.